The number of nitrogens with zero attached hydrogens (tertiary/aromatic N) is 9. The van der Waals surface area contributed by atoms with Crippen LogP contribution < -0.4 is 4.90 Å². The Morgan fingerprint density at radius 3 is 2.70 bits per heavy atom. The van der Waals surface area contributed by atoms with Gasteiger partial charge in [0.25, 0.3) is 0 Å². The number of benzene rings is 1. The molecule has 4 aromatic rings. The third-order valence-corrected chi connectivity index (χ3v) is 5.86. The van der Waals surface area contributed by atoms with Crippen LogP contribution in [-0.4, -0.2) is 47.8 Å². The first-order chi connectivity index (χ1) is 14.7. The third kappa shape index (κ3) is 2.97. The van der Waals surface area contributed by atoms with Gasteiger partial charge >= 0.3 is 0 Å². The standard InChI is InChI=1S/C21H21N9/c1-28-13-24-26-21(28)14-6-8-30(9-7-14)19-15(11-22)4-3-5-17(19)16-10-18-20(23-12-16)25-27-29(18)2/h3-5,10,12-14H,6-9H2,1-2H3. The van der Waals surface area contributed by atoms with Crippen molar-refractivity contribution in [2.75, 3.05) is 18.0 Å². The van der Waals surface area contributed by atoms with Crippen molar-refractivity contribution >= 4 is 16.9 Å². The summed E-state index contributed by atoms with van der Waals surface area (Å²) in [6, 6.07) is 10.3. The van der Waals surface area contributed by atoms with Crippen LogP contribution in [0.5, 0.6) is 0 Å². The van der Waals surface area contributed by atoms with Gasteiger partial charge in [-0.05, 0) is 25.0 Å². The zero-order valence-electron chi connectivity index (χ0n) is 16.9. The van der Waals surface area contributed by atoms with Crippen molar-refractivity contribution in [2.24, 2.45) is 14.1 Å². The van der Waals surface area contributed by atoms with Crippen LogP contribution in [0, 0.1) is 11.3 Å². The van der Waals surface area contributed by atoms with Gasteiger partial charge in [-0.25, -0.2) is 9.67 Å². The molecule has 9 nitrogen and oxygen atoms in total. The number of hydrogen-bond acceptors (Lipinski definition) is 7. The summed E-state index contributed by atoms with van der Waals surface area (Å²) in [6.07, 6.45) is 5.49. The summed E-state index contributed by atoms with van der Waals surface area (Å²) in [4.78, 5) is 6.77. The lowest BCUT2D eigenvalue weighted by molar-refractivity contribution is 0.474. The van der Waals surface area contributed by atoms with Crippen LogP contribution in [-0.2, 0) is 14.1 Å². The minimum atomic E-state index is 0.380. The van der Waals surface area contributed by atoms with Gasteiger partial charge in [0.05, 0.1) is 11.3 Å². The largest absolute Gasteiger partial charge is 0.370 e. The molecule has 3 aromatic heterocycles. The molecule has 0 bridgehead atoms. The quantitative estimate of drug-likeness (QED) is 0.521. The molecule has 0 spiro atoms. The number of aryl methyl sites for hydroxylation is 2. The molecule has 9 heteroatoms. The molecule has 0 atom stereocenters. The molecule has 0 N–H and O–H groups in total. The molecule has 5 rings (SSSR count). The Balaban J connectivity index is 1.51. The van der Waals surface area contributed by atoms with Gasteiger partial charge < -0.3 is 9.47 Å². The minimum absolute atomic E-state index is 0.380. The number of nitriles is 1. The lowest BCUT2D eigenvalue weighted by Crippen LogP contribution is -2.34. The molecule has 1 aliphatic rings. The molecular formula is C21H21N9. The Hall–Kier alpha value is -3.80. The predicted molar refractivity (Wildman–Crippen MR) is 112 cm³/mol. The fraction of sp³-hybridized carbons (Fsp3) is 0.333. The van der Waals surface area contributed by atoms with Crippen LogP contribution in [0.3, 0.4) is 0 Å². The molecule has 0 saturated carbocycles. The normalized spacial score (nSPS) is 14.9. The molecule has 1 aliphatic heterocycles. The molecule has 150 valence electrons. The Bertz CT molecular complexity index is 1260. The Labute approximate surface area is 173 Å². The number of para-hydroxylation sites is 1. The average molecular weight is 399 g/mol. The maximum Gasteiger partial charge on any atom is 0.201 e. The number of pyridine rings is 1. The van der Waals surface area contributed by atoms with Crippen molar-refractivity contribution in [3.8, 4) is 17.2 Å². The Kier molecular flexibility index (Phi) is 4.39. The number of fused-ring (bicyclic) bond motifs is 1. The summed E-state index contributed by atoms with van der Waals surface area (Å²) in [5, 5.41) is 26.2. The van der Waals surface area contributed by atoms with Gasteiger partial charge in [-0.2, -0.15) is 5.26 Å². The lowest BCUT2D eigenvalue weighted by Gasteiger charge is -2.35. The summed E-state index contributed by atoms with van der Waals surface area (Å²) in [6.45, 7) is 1.71. The van der Waals surface area contributed by atoms with E-state index >= 15 is 0 Å². The third-order valence-electron chi connectivity index (χ3n) is 5.86. The maximum absolute atomic E-state index is 9.80. The van der Waals surface area contributed by atoms with Crippen LogP contribution in [0.25, 0.3) is 22.3 Å². The van der Waals surface area contributed by atoms with Gasteiger partial charge in [0, 0.05) is 50.4 Å². The first-order valence-electron chi connectivity index (χ1n) is 9.93. The summed E-state index contributed by atoms with van der Waals surface area (Å²) >= 11 is 0. The molecular weight excluding hydrogens is 378 g/mol. The summed E-state index contributed by atoms with van der Waals surface area (Å²) in [5.74, 6) is 1.41. The van der Waals surface area contributed by atoms with Crippen molar-refractivity contribution in [3.63, 3.8) is 0 Å². The van der Waals surface area contributed by atoms with E-state index in [1.807, 2.05) is 43.1 Å². The molecule has 0 amide bonds. The minimum Gasteiger partial charge on any atom is -0.370 e. The van der Waals surface area contributed by atoms with Gasteiger partial charge in [0.2, 0.25) is 5.65 Å². The number of hydrogen-bond donors (Lipinski definition) is 0. The van der Waals surface area contributed by atoms with E-state index in [0.29, 0.717) is 17.1 Å². The zero-order valence-corrected chi connectivity index (χ0v) is 16.9. The fourth-order valence-corrected chi connectivity index (χ4v) is 4.30. The first-order valence-corrected chi connectivity index (χ1v) is 9.93. The highest BCUT2D eigenvalue weighted by atomic mass is 15.4. The molecule has 0 aliphatic carbocycles. The second kappa shape index (κ2) is 7.22. The van der Waals surface area contributed by atoms with Gasteiger partial charge in [0.15, 0.2) is 0 Å². The smallest absolute Gasteiger partial charge is 0.201 e. The van der Waals surface area contributed by atoms with E-state index in [2.05, 4.69) is 42.5 Å². The fourth-order valence-electron chi connectivity index (χ4n) is 4.30. The van der Waals surface area contributed by atoms with Crippen LogP contribution in [0.4, 0.5) is 5.69 Å². The van der Waals surface area contributed by atoms with Gasteiger partial charge in [-0.15, -0.1) is 15.3 Å². The van der Waals surface area contributed by atoms with E-state index in [1.54, 1.807) is 11.0 Å². The van der Waals surface area contributed by atoms with Crippen LogP contribution in [0.2, 0.25) is 0 Å². The summed E-state index contributed by atoms with van der Waals surface area (Å²) < 4.78 is 3.71. The van der Waals surface area contributed by atoms with Crippen LogP contribution >= 0.6 is 0 Å². The molecule has 1 aromatic carbocycles. The van der Waals surface area contributed by atoms with E-state index in [0.717, 1.165) is 54.1 Å². The van der Waals surface area contributed by atoms with E-state index in [4.69, 9.17) is 0 Å². The molecule has 0 radical (unpaired) electrons. The SMILES string of the molecule is Cn1cnnc1C1CCN(c2c(C#N)cccc2-c2cnc3nnn(C)c3c2)CC1. The first kappa shape index (κ1) is 18.2. The predicted octanol–water partition coefficient (Wildman–Crippen LogP) is 2.41. The zero-order chi connectivity index (χ0) is 20.7. The van der Waals surface area contributed by atoms with Crippen LogP contribution in [0.15, 0.2) is 36.8 Å². The highest BCUT2D eigenvalue weighted by Gasteiger charge is 2.27. The Morgan fingerprint density at radius 1 is 1.13 bits per heavy atom. The Morgan fingerprint density at radius 2 is 1.97 bits per heavy atom. The molecule has 1 fully saturated rings. The number of anilines is 1. The molecule has 0 unspecified atom stereocenters. The number of piperidine rings is 1. The van der Waals surface area contributed by atoms with Gasteiger partial charge in [0.1, 0.15) is 23.7 Å². The monoisotopic (exact) mass is 399 g/mol. The number of rotatable bonds is 3. The maximum atomic E-state index is 9.80. The number of aromatic nitrogens is 7. The van der Waals surface area contributed by atoms with E-state index in [9.17, 15) is 5.26 Å². The second-order valence-corrected chi connectivity index (χ2v) is 7.65. The molecule has 1 saturated heterocycles. The van der Waals surface area contributed by atoms with E-state index < -0.39 is 0 Å². The molecule has 4 heterocycles. The lowest BCUT2D eigenvalue weighted by atomic mass is 9.93. The van der Waals surface area contributed by atoms with Crippen molar-refractivity contribution in [3.05, 3.63) is 48.2 Å². The van der Waals surface area contributed by atoms with Gasteiger partial charge in [-0.3, -0.25) is 0 Å². The van der Waals surface area contributed by atoms with Crippen LogP contribution in [0.1, 0.15) is 30.1 Å². The highest BCUT2D eigenvalue weighted by molar-refractivity contribution is 5.86. The topological polar surface area (TPSA) is 101 Å². The van der Waals surface area contributed by atoms with Gasteiger partial charge in [-0.1, -0.05) is 17.3 Å². The summed E-state index contributed by atoms with van der Waals surface area (Å²) in [5.41, 5.74) is 5.07. The van der Waals surface area contributed by atoms with E-state index in [-0.39, 0.29) is 0 Å². The molecule has 30 heavy (non-hydrogen) atoms. The average Bonchev–Trinajstić information content (AvgIpc) is 3.38. The van der Waals surface area contributed by atoms with E-state index in [1.165, 1.54) is 0 Å². The van der Waals surface area contributed by atoms with Crippen molar-refractivity contribution in [1.29, 1.82) is 5.26 Å². The van der Waals surface area contributed by atoms with Crippen molar-refractivity contribution in [1.82, 2.24) is 34.7 Å². The second-order valence-electron chi connectivity index (χ2n) is 7.65. The van der Waals surface area contributed by atoms with Crippen molar-refractivity contribution < 1.29 is 0 Å². The highest BCUT2D eigenvalue weighted by Crippen LogP contribution is 2.38. The summed E-state index contributed by atoms with van der Waals surface area (Å²) in [7, 11) is 3.84. The van der Waals surface area contributed by atoms with Crippen molar-refractivity contribution in [2.45, 2.75) is 18.8 Å².